The minimum Gasteiger partial charge on any atom is -0.399 e. The zero-order chi connectivity index (χ0) is 27.5. The van der Waals surface area contributed by atoms with Gasteiger partial charge in [0.05, 0.1) is 22.4 Å². The molecule has 204 valence electrons. The van der Waals surface area contributed by atoms with Crippen LogP contribution in [0.1, 0.15) is 81.1 Å². The predicted octanol–water partition coefficient (Wildman–Crippen LogP) is 6.35. The second kappa shape index (κ2) is 9.95. The highest BCUT2D eigenvalue weighted by Crippen LogP contribution is 2.38. The van der Waals surface area contributed by atoms with Gasteiger partial charge in [0.1, 0.15) is 0 Å². The van der Waals surface area contributed by atoms with Crippen LogP contribution in [0.2, 0.25) is 0 Å². The summed E-state index contributed by atoms with van der Waals surface area (Å²) in [6, 6.07) is 13.3. The van der Waals surface area contributed by atoms with Gasteiger partial charge in [0.15, 0.2) is 0 Å². The lowest BCUT2D eigenvalue weighted by Crippen LogP contribution is -2.41. The molecular weight excluding hydrogens is 540 g/mol. The molecule has 5 nitrogen and oxygen atoms in total. The van der Waals surface area contributed by atoms with Crippen molar-refractivity contribution in [3.8, 4) is 0 Å². The number of nitrogens with zero attached hydrogens (tertiary/aromatic N) is 1. The second-order valence-electron chi connectivity index (χ2n) is 13.0. The van der Waals surface area contributed by atoms with Gasteiger partial charge in [-0.15, -0.1) is 0 Å². The molecule has 2 aromatic carbocycles. The Hall–Kier alpha value is -1.31. The Morgan fingerprint density at radius 1 is 0.605 bits per heavy atom. The van der Waals surface area contributed by atoms with E-state index in [1.807, 2.05) is 0 Å². The van der Waals surface area contributed by atoms with Crippen molar-refractivity contribution in [1.82, 2.24) is 4.57 Å². The number of fused-ring (bicyclic) bond motifs is 3. The van der Waals surface area contributed by atoms with Crippen LogP contribution in [0.4, 0.5) is 0 Å². The number of rotatable bonds is 8. The van der Waals surface area contributed by atoms with Gasteiger partial charge in [0.2, 0.25) is 0 Å². The number of aromatic nitrogens is 1. The van der Waals surface area contributed by atoms with Crippen molar-refractivity contribution in [2.45, 2.75) is 110 Å². The molecule has 0 radical (unpaired) electrons. The van der Waals surface area contributed by atoms with E-state index in [0.717, 1.165) is 29.2 Å². The quantitative estimate of drug-likeness (QED) is 0.177. The summed E-state index contributed by atoms with van der Waals surface area (Å²) in [6.45, 7) is 17.8. The molecule has 8 heteroatoms. The maximum atomic E-state index is 6.40. The van der Waals surface area contributed by atoms with Crippen molar-refractivity contribution in [2.24, 2.45) is 0 Å². The predicted molar refractivity (Wildman–Crippen MR) is 163 cm³/mol. The molecule has 0 N–H and O–H groups in total. The molecule has 0 bridgehead atoms. The van der Waals surface area contributed by atoms with Crippen molar-refractivity contribution in [3.63, 3.8) is 0 Å². The van der Waals surface area contributed by atoms with E-state index >= 15 is 0 Å². The maximum absolute atomic E-state index is 6.40. The molecule has 5 rings (SSSR count). The van der Waals surface area contributed by atoms with Crippen LogP contribution >= 0.6 is 15.9 Å². The number of hydrogen-bond acceptors (Lipinski definition) is 4. The molecule has 38 heavy (non-hydrogen) atoms. The standard InChI is InChI=1S/C30H42B2BrNO4/c1-27(2)28(3,4)36-31(35-27)21-13-15-25-23(19-21)24-20-22(32-37-29(5,6)30(7,8)38-32)14-16-26(24)34(25)18-12-10-9-11-17-33/h13-16,19-20H,9-12,17-18H2,1-8H3. The maximum Gasteiger partial charge on any atom is 0.494 e. The van der Waals surface area contributed by atoms with Crippen molar-refractivity contribution in [1.29, 1.82) is 0 Å². The summed E-state index contributed by atoms with van der Waals surface area (Å²) in [5.74, 6) is 0. The van der Waals surface area contributed by atoms with Gasteiger partial charge in [-0.2, -0.15) is 0 Å². The Morgan fingerprint density at radius 2 is 1.00 bits per heavy atom. The van der Waals surface area contributed by atoms with Crippen molar-refractivity contribution in [2.75, 3.05) is 5.33 Å². The summed E-state index contributed by atoms with van der Waals surface area (Å²) in [6.07, 6.45) is 4.86. The molecule has 0 spiro atoms. The number of alkyl halides is 1. The summed E-state index contributed by atoms with van der Waals surface area (Å²) in [5.41, 5.74) is 3.08. The van der Waals surface area contributed by atoms with Crippen LogP contribution in [0.5, 0.6) is 0 Å². The normalized spacial score (nSPS) is 21.7. The Kier molecular flexibility index (Phi) is 7.39. The zero-order valence-corrected chi connectivity index (χ0v) is 25.9. The molecule has 2 fully saturated rings. The minimum atomic E-state index is -0.390. The van der Waals surface area contributed by atoms with E-state index in [2.05, 4.69) is 112 Å². The number of unbranched alkanes of at least 4 members (excludes halogenated alkanes) is 3. The number of halogens is 1. The lowest BCUT2D eigenvalue weighted by Gasteiger charge is -2.32. The van der Waals surface area contributed by atoms with Gasteiger partial charge in [-0.1, -0.05) is 53.0 Å². The fourth-order valence-corrected chi connectivity index (χ4v) is 5.75. The first-order valence-corrected chi connectivity index (χ1v) is 15.2. The number of hydrogen-bond donors (Lipinski definition) is 0. The second-order valence-corrected chi connectivity index (χ2v) is 13.8. The Morgan fingerprint density at radius 3 is 1.39 bits per heavy atom. The lowest BCUT2D eigenvalue weighted by atomic mass is 9.77. The first-order valence-electron chi connectivity index (χ1n) is 14.1. The van der Waals surface area contributed by atoms with Gasteiger partial charge in [-0.3, -0.25) is 0 Å². The molecule has 0 saturated carbocycles. The number of aryl methyl sites for hydroxylation is 1. The molecule has 2 saturated heterocycles. The van der Waals surface area contributed by atoms with Gasteiger partial charge in [0.25, 0.3) is 0 Å². The third-order valence-corrected chi connectivity index (χ3v) is 9.79. The van der Waals surface area contributed by atoms with E-state index in [0.29, 0.717) is 0 Å². The van der Waals surface area contributed by atoms with E-state index in [-0.39, 0.29) is 22.4 Å². The molecule has 0 aliphatic carbocycles. The lowest BCUT2D eigenvalue weighted by molar-refractivity contribution is 0.00578. The smallest absolute Gasteiger partial charge is 0.399 e. The van der Waals surface area contributed by atoms with E-state index < -0.39 is 14.2 Å². The van der Waals surface area contributed by atoms with Crippen molar-refractivity contribution >= 4 is 62.9 Å². The molecule has 3 heterocycles. The molecule has 1 aromatic heterocycles. The first kappa shape index (κ1) is 28.2. The van der Waals surface area contributed by atoms with Crippen molar-refractivity contribution in [3.05, 3.63) is 36.4 Å². The molecule has 0 atom stereocenters. The highest BCUT2D eigenvalue weighted by molar-refractivity contribution is 9.09. The fraction of sp³-hybridized carbons (Fsp3) is 0.600. The van der Waals surface area contributed by atoms with Crippen molar-refractivity contribution < 1.29 is 18.6 Å². The first-order chi connectivity index (χ1) is 17.8. The van der Waals surface area contributed by atoms with Crippen LogP contribution in [0.15, 0.2) is 36.4 Å². The highest BCUT2D eigenvalue weighted by atomic mass is 79.9. The highest BCUT2D eigenvalue weighted by Gasteiger charge is 2.52. The zero-order valence-electron chi connectivity index (χ0n) is 24.3. The van der Waals surface area contributed by atoms with E-state index in [9.17, 15) is 0 Å². The van der Waals surface area contributed by atoms with Gasteiger partial charge >= 0.3 is 14.2 Å². The Bertz CT molecular complexity index is 1210. The van der Waals surface area contributed by atoms with Crippen LogP contribution in [-0.2, 0) is 25.2 Å². The molecule has 0 amide bonds. The molecular formula is C30H42B2BrNO4. The van der Waals surface area contributed by atoms with Crippen LogP contribution in [0.3, 0.4) is 0 Å². The van der Waals surface area contributed by atoms with Crippen LogP contribution < -0.4 is 10.9 Å². The van der Waals surface area contributed by atoms with Crippen LogP contribution in [0, 0.1) is 0 Å². The van der Waals surface area contributed by atoms with E-state index in [1.165, 1.54) is 41.1 Å². The molecule has 2 aliphatic rings. The van der Waals surface area contributed by atoms with Gasteiger partial charge in [-0.25, -0.2) is 0 Å². The minimum absolute atomic E-state index is 0.375. The SMILES string of the molecule is CC1(C)OB(c2ccc3c(c2)c2cc(B4OC(C)(C)C(C)(C)O4)ccc2n3CCCCCCBr)OC1(C)C. The number of benzene rings is 2. The van der Waals surface area contributed by atoms with Crippen LogP contribution in [0.25, 0.3) is 21.8 Å². The largest absolute Gasteiger partial charge is 0.494 e. The summed E-state index contributed by atoms with van der Waals surface area (Å²) >= 11 is 3.56. The Balaban J connectivity index is 1.56. The Labute approximate surface area is 237 Å². The third-order valence-electron chi connectivity index (χ3n) is 9.23. The average Bonchev–Trinajstić information content (AvgIpc) is 3.35. The topological polar surface area (TPSA) is 41.9 Å². The summed E-state index contributed by atoms with van der Waals surface area (Å²) in [4.78, 5) is 0. The van der Waals surface area contributed by atoms with Crippen LogP contribution in [-0.4, -0.2) is 46.5 Å². The summed E-state index contributed by atoms with van der Waals surface area (Å²) in [5, 5.41) is 3.50. The molecule has 2 aliphatic heterocycles. The van der Waals surface area contributed by atoms with Gasteiger partial charge < -0.3 is 23.2 Å². The summed E-state index contributed by atoms with van der Waals surface area (Å²) in [7, 11) is -0.781. The van der Waals surface area contributed by atoms with Gasteiger partial charge in [-0.05, 0) is 91.3 Å². The monoisotopic (exact) mass is 581 g/mol. The fourth-order valence-electron chi connectivity index (χ4n) is 5.35. The molecule has 3 aromatic rings. The van der Waals surface area contributed by atoms with E-state index in [4.69, 9.17) is 18.6 Å². The van der Waals surface area contributed by atoms with E-state index in [1.54, 1.807) is 0 Å². The average molecular weight is 582 g/mol. The third kappa shape index (κ3) is 4.89. The summed E-state index contributed by atoms with van der Waals surface area (Å²) < 4.78 is 28.1. The molecule has 0 unspecified atom stereocenters. The van der Waals surface area contributed by atoms with Gasteiger partial charge in [0, 0.05) is 33.7 Å².